The molecule has 2 N–H and O–H groups in total. The molecule has 0 aromatic heterocycles. The third-order valence-electron chi connectivity index (χ3n) is 2.30. The Labute approximate surface area is 114 Å². The zero-order valence-electron chi connectivity index (χ0n) is 12.2. The van der Waals surface area contributed by atoms with Gasteiger partial charge in [-0.1, -0.05) is 6.07 Å². The number of benzene rings is 1. The molecule has 0 heterocycles. The van der Waals surface area contributed by atoms with Crippen LogP contribution in [0.25, 0.3) is 0 Å². The zero-order chi connectivity index (χ0) is 14.5. The van der Waals surface area contributed by atoms with E-state index in [-0.39, 0.29) is 0 Å². The fraction of sp³-hybridized carbons (Fsp3) is 0.500. The molecule has 1 aromatic carbocycles. The molecule has 0 aliphatic carbocycles. The molecule has 1 rings (SSSR count). The minimum absolute atomic E-state index is 0.476. The molecule has 5 nitrogen and oxygen atoms in total. The molecule has 0 radical (unpaired) electrons. The lowest BCUT2D eigenvalue weighted by Crippen LogP contribution is -2.27. The maximum absolute atomic E-state index is 11.7. The molecule has 0 bridgehead atoms. The van der Waals surface area contributed by atoms with Crippen molar-refractivity contribution >= 4 is 11.8 Å². The standard InChI is InChI=1S/C14H22N2O3/c1-14(2,3)19-13(17)16-11-7-6-10(9-15-4)12(8-11)18-5/h6-8,15H,9H2,1-5H3,(H,16,17). The van der Waals surface area contributed by atoms with Gasteiger partial charge < -0.3 is 14.8 Å². The number of nitrogens with one attached hydrogen (secondary N) is 2. The predicted molar refractivity (Wildman–Crippen MR) is 75.6 cm³/mol. The number of carbonyl (C=O) groups is 1. The highest BCUT2D eigenvalue weighted by Crippen LogP contribution is 2.23. The highest BCUT2D eigenvalue weighted by Gasteiger charge is 2.16. The summed E-state index contributed by atoms with van der Waals surface area (Å²) in [5.74, 6) is 0.725. The summed E-state index contributed by atoms with van der Waals surface area (Å²) in [6.07, 6.45) is -0.476. The van der Waals surface area contributed by atoms with Gasteiger partial charge in [0.15, 0.2) is 0 Å². The fourth-order valence-electron chi connectivity index (χ4n) is 1.58. The molecule has 0 saturated heterocycles. The number of methoxy groups -OCH3 is 1. The number of ether oxygens (including phenoxy) is 2. The first kappa shape index (κ1) is 15.3. The lowest BCUT2D eigenvalue weighted by molar-refractivity contribution is 0.0636. The van der Waals surface area contributed by atoms with Crippen molar-refractivity contribution in [3.8, 4) is 5.75 Å². The van der Waals surface area contributed by atoms with Gasteiger partial charge in [0.25, 0.3) is 0 Å². The largest absolute Gasteiger partial charge is 0.496 e. The molecule has 1 aromatic rings. The summed E-state index contributed by atoms with van der Waals surface area (Å²) in [6.45, 7) is 6.17. The molecule has 0 aliphatic heterocycles. The molecule has 19 heavy (non-hydrogen) atoms. The Balaban J connectivity index is 2.77. The van der Waals surface area contributed by atoms with Crippen molar-refractivity contribution in [2.45, 2.75) is 32.9 Å². The van der Waals surface area contributed by atoms with Crippen LogP contribution >= 0.6 is 0 Å². The minimum Gasteiger partial charge on any atom is -0.496 e. The summed E-state index contributed by atoms with van der Waals surface area (Å²) >= 11 is 0. The van der Waals surface area contributed by atoms with Crippen molar-refractivity contribution < 1.29 is 14.3 Å². The first-order chi connectivity index (χ1) is 8.85. The van der Waals surface area contributed by atoms with Crippen LogP contribution in [0.1, 0.15) is 26.3 Å². The van der Waals surface area contributed by atoms with Crippen LogP contribution in [-0.2, 0) is 11.3 Å². The number of carbonyl (C=O) groups excluding carboxylic acids is 1. The second kappa shape index (κ2) is 6.43. The van der Waals surface area contributed by atoms with E-state index in [1.807, 2.05) is 40.0 Å². The Morgan fingerprint density at radius 1 is 1.32 bits per heavy atom. The second-order valence-corrected chi connectivity index (χ2v) is 5.18. The highest BCUT2D eigenvalue weighted by molar-refractivity contribution is 5.85. The summed E-state index contributed by atoms with van der Waals surface area (Å²) in [7, 11) is 3.47. The van der Waals surface area contributed by atoms with Crippen LogP contribution in [0.3, 0.4) is 0 Å². The van der Waals surface area contributed by atoms with Gasteiger partial charge in [-0.05, 0) is 33.9 Å². The topological polar surface area (TPSA) is 59.6 Å². The van der Waals surface area contributed by atoms with Gasteiger partial charge >= 0.3 is 6.09 Å². The van der Waals surface area contributed by atoms with E-state index in [1.54, 1.807) is 13.2 Å². The highest BCUT2D eigenvalue weighted by atomic mass is 16.6. The molecule has 0 unspecified atom stereocenters. The van der Waals surface area contributed by atoms with Gasteiger partial charge in [-0.15, -0.1) is 0 Å². The van der Waals surface area contributed by atoms with Crippen molar-refractivity contribution in [3.05, 3.63) is 23.8 Å². The van der Waals surface area contributed by atoms with E-state index in [4.69, 9.17) is 9.47 Å². The van der Waals surface area contributed by atoms with E-state index in [0.29, 0.717) is 12.2 Å². The summed E-state index contributed by atoms with van der Waals surface area (Å²) in [5.41, 5.74) is 1.16. The van der Waals surface area contributed by atoms with Gasteiger partial charge in [0, 0.05) is 23.9 Å². The Kier molecular flexibility index (Phi) is 5.18. The number of amides is 1. The van der Waals surface area contributed by atoms with Crippen LogP contribution in [0, 0.1) is 0 Å². The maximum Gasteiger partial charge on any atom is 0.412 e. The number of anilines is 1. The average molecular weight is 266 g/mol. The van der Waals surface area contributed by atoms with E-state index in [2.05, 4.69) is 10.6 Å². The summed E-state index contributed by atoms with van der Waals surface area (Å²) in [5, 5.41) is 5.74. The monoisotopic (exact) mass is 266 g/mol. The first-order valence-electron chi connectivity index (χ1n) is 6.17. The zero-order valence-corrected chi connectivity index (χ0v) is 12.2. The van der Waals surface area contributed by atoms with Gasteiger partial charge in [-0.3, -0.25) is 5.32 Å². The normalized spacial score (nSPS) is 11.0. The van der Waals surface area contributed by atoms with E-state index in [0.717, 1.165) is 11.3 Å². The molecular formula is C14H22N2O3. The van der Waals surface area contributed by atoms with Crippen LogP contribution in [0.15, 0.2) is 18.2 Å². The molecular weight excluding hydrogens is 244 g/mol. The number of hydrogen-bond donors (Lipinski definition) is 2. The second-order valence-electron chi connectivity index (χ2n) is 5.18. The molecule has 0 saturated carbocycles. The van der Waals surface area contributed by atoms with Gasteiger partial charge in [0.05, 0.1) is 7.11 Å². The molecule has 0 fully saturated rings. The molecule has 5 heteroatoms. The van der Waals surface area contributed by atoms with Crippen molar-refractivity contribution in [3.63, 3.8) is 0 Å². The minimum atomic E-state index is -0.514. The number of rotatable bonds is 4. The third kappa shape index (κ3) is 5.18. The lowest BCUT2D eigenvalue weighted by atomic mass is 10.1. The summed E-state index contributed by atoms with van der Waals surface area (Å²) < 4.78 is 10.5. The smallest absolute Gasteiger partial charge is 0.412 e. The van der Waals surface area contributed by atoms with Crippen LogP contribution < -0.4 is 15.4 Å². The van der Waals surface area contributed by atoms with E-state index >= 15 is 0 Å². The van der Waals surface area contributed by atoms with Gasteiger partial charge in [-0.25, -0.2) is 4.79 Å². The average Bonchev–Trinajstić information content (AvgIpc) is 2.28. The summed E-state index contributed by atoms with van der Waals surface area (Å²) in [4.78, 5) is 11.7. The number of hydrogen-bond acceptors (Lipinski definition) is 4. The first-order valence-corrected chi connectivity index (χ1v) is 6.17. The Morgan fingerprint density at radius 3 is 2.53 bits per heavy atom. The third-order valence-corrected chi connectivity index (χ3v) is 2.30. The van der Waals surface area contributed by atoms with Crippen LogP contribution in [0.5, 0.6) is 5.75 Å². The van der Waals surface area contributed by atoms with E-state index < -0.39 is 11.7 Å². The molecule has 0 atom stereocenters. The van der Waals surface area contributed by atoms with Gasteiger partial charge in [0.1, 0.15) is 11.4 Å². The SMILES string of the molecule is CNCc1ccc(NC(=O)OC(C)(C)C)cc1OC. The fourth-order valence-corrected chi connectivity index (χ4v) is 1.58. The van der Waals surface area contributed by atoms with Crippen LogP contribution in [0.2, 0.25) is 0 Å². The van der Waals surface area contributed by atoms with Gasteiger partial charge in [-0.2, -0.15) is 0 Å². The molecule has 1 amide bonds. The molecule has 0 aliphatic rings. The maximum atomic E-state index is 11.7. The van der Waals surface area contributed by atoms with Crippen molar-refractivity contribution in [1.29, 1.82) is 0 Å². The quantitative estimate of drug-likeness (QED) is 0.879. The van der Waals surface area contributed by atoms with E-state index in [9.17, 15) is 4.79 Å². The van der Waals surface area contributed by atoms with Crippen molar-refractivity contribution in [1.82, 2.24) is 5.32 Å². The van der Waals surface area contributed by atoms with Gasteiger partial charge in [0.2, 0.25) is 0 Å². The summed E-state index contributed by atoms with van der Waals surface area (Å²) in [6, 6.07) is 5.50. The van der Waals surface area contributed by atoms with Crippen LogP contribution in [0.4, 0.5) is 10.5 Å². The van der Waals surface area contributed by atoms with Crippen molar-refractivity contribution in [2.24, 2.45) is 0 Å². The Morgan fingerprint density at radius 2 is 2.00 bits per heavy atom. The van der Waals surface area contributed by atoms with E-state index in [1.165, 1.54) is 0 Å². The lowest BCUT2D eigenvalue weighted by Gasteiger charge is -2.20. The van der Waals surface area contributed by atoms with Crippen molar-refractivity contribution in [2.75, 3.05) is 19.5 Å². The predicted octanol–water partition coefficient (Wildman–Crippen LogP) is 2.76. The van der Waals surface area contributed by atoms with Crippen LogP contribution in [-0.4, -0.2) is 25.9 Å². The molecule has 0 spiro atoms. The molecule has 106 valence electrons. The Hall–Kier alpha value is -1.75. The Bertz CT molecular complexity index is 439.